The van der Waals surface area contributed by atoms with Crippen molar-refractivity contribution >= 4 is 10.0 Å². The first-order valence-corrected chi connectivity index (χ1v) is 10.7. The van der Waals surface area contributed by atoms with Crippen LogP contribution in [0, 0.1) is 17.5 Å². The Hall–Kier alpha value is -2.96. The smallest absolute Gasteiger partial charge is 0.388 e. The van der Waals surface area contributed by atoms with Crippen LogP contribution in [0.3, 0.4) is 0 Å². The van der Waals surface area contributed by atoms with Gasteiger partial charge in [0.1, 0.15) is 24.1 Å². The molecule has 0 saturated carbocycles. The van der Waals surface area contributed by atoms with Gasteiger partial charge in [-0.05, 0) is 36.4 Å². The molecule has 0 unspecified atom stereocenters. The van der Waals surface area contributed by atoms with Crippen LogP contribution in [0.4, 0.5) is 13.2 Å². The molecule has 0 bridgehead atoms. The minimum Gasteiger partial charge on any atom is -0.388 e. The van der Waals surface area contributed by atoms with Crippen LogP contribution in [0.5, 0.6) is 0 Å². The Morgan fingerprint density at radius 1 is 0.935 bits per heavy atom. The minimum absolute atomic E-state index is 0.0203. The van der Waals surface area contributed by atoms with Crippen LogP contribution in [0.15, 0.2) is 56.6 Å². The molecule has 0 N–H and O–H groups in total. The standard InChI is InChI=1S/C19H17F3N4O4S/c20-14-6-4-13(5-7-14)18-23-26(19(27)30-18)12-24-8-10-25(11-9-24)31(28,29)17-15(21)2-1-3-16(17)22/h1-7H,8-12H2. The first-order valence-electron chi connectivity index (χ1n) is 9.26. The number of benzene rings is 2. The molecular formula is C19H17F3N4O4S. The maximum atomic E-state index is 13.9. The van der Waals surface area contributed by atoms with E-state index in [2.05, 4.69) is 5.10 Å². The van der Waals surface area contributed by atoms with Gasteiger partial charge in [0, 0.05) is 31.7 Å². The van der Waals surface area contributed by atoms with Crippen LogP contribution in [-0.2, 0) is 16.7 Å². The molecular weight excluding hydrogens is 437 g/mol. The van der Waals surface area contributed by atoms with Crippen LogP contribution in [0.1, 0.15) is 0 Å². The normalized spacial score (nSPS) is 16.0. The van der Waals surface area contributed by atoms with E-state index >= 15 is 0 Å². The quantitative estimate of drug-likeness (QED) is 0.585. The van der Waals surface area contributed by atoms with Gasteiger partial charge in [0.15, 0.2) is 4.90 Å². The van der Waals surface area contributed by atoms with Gasteiger partial charge >= 0.3 is 5.76 Å². The zero-order chi connectivity index (χ0) is 22.2. The van der Waals surface area contributed by atoms with Gasteiger partial charge in [-0.1, -0.05) is 6.07 Å². The summed E-state index contributed by atoms with van der Waals surface area (Å²) in [5.74, 6) is -3.42. The van der Waals surface area contributed by atoms with Crippen LogP contribution in [-0.4, -0.2) is 53.6 Å². The van der Waals surface area contributed by atoms with Crippen molar-refractivity contribution in [2.75, 3.05) is 26.2 Å². The molecule has 0 spiro atoms. The fraction of sp³-hybridized carbons (Fsp3) is 0.263. The van der Waals surface area contributed by atoms with Crippen LogP contribution >= 0.6 is 0 Å². The van der Waals surface area contributed by atoms with Gasteiger partial charge in [0.25, 0.3) is 0 Å². The highest BCUT2D eigenvalue weighted by atomic mass is 32.2. The zero-order valence-electron chi connectivity index (χ0n) is 16.0. The third kappa shape index (κ3) is 4.27. The lowest BCUT2D eigenvalue weighted by Gasteiger charge is -2.33. The van der Waals surface area contributed by atoms with Gasteiger partial charge in [-0.3, -0.25) is 4.90 Å². The molecule has 31 heavy (non-hydrogen) atoms. The fourth-order valence-corrected chi connectivity index (χ4v) is 4.79. The van der Waals surface area contributed by atoms with Gasteiger partial charge in [-0.15, -0.1) is 5.10 Å². The van der Waals surface area contributed by atoms with Crippen molar-refractivity contribution in [1.82, 2.24) is 19.0 Å². The Balaban J connectivity index is 1.44. The summed E-state index contributed by atoms with van der Waals surface area (Å²) in [7, 11) is -4.34. The Labute approximate surface area is 175 Å². The summed E-state index contributed by atoms with van der Waals surface area (Å²) >= 11 is 0. The summed E-state index contributed by atoms with van der Waals surface area (Å²) in [6.07, 6.45) is 0. The van der Waals surface area contributed by atoms with E-state index < -0.39 is 38.1 Å². The highest BCUT2D eigenvalue weighted by Gasteiger charge is 2.33. The van der Waals surface area contributed by atoms with Gasteiger partial charge in [-0.2, -0.15) is 8.99 Å². The summed E-state index contributed by atoms with van der Waals surface area (Å²) < 4.78 is 73.4. The largest absolute Gasteiger partial charge is 0.438 e. The van der Waals surface area contributed by atoms with Crippen molar-refractivity contribution in [2.24, 2.45) is 0 Å². The average Bonchev–Trinajstić information content (AvgIpc) is 3.09. The van der Waals surface area contributed by atoms with Crippen molar-refractivity contribution in [2.45, 2.75) is 11.6 Å². The second-order valence-electron chi connectivity index (χ2n) is 6.89. The predicted molar refractivity (Wildman–Crippen MR) is 103 cm³/mol. The van der Waals surface area contributed by atoms with Gasteiger partial charge in [-0.25, -0.2) is 26.4 Å². The van der Waals surface area contributed by atoms with E-state index in [-0.39, 0.29) is 38.7 Å². The third-order valence-electron chi connectivity index (χ3n) is 4.88. The highest BCUT2D eigenvalue weighted by Crippen LogP contribution is 2.23. The molecule has 1 fully saturated rings. The van der Waals surface area contributed by atoms with Gasteiger partial charge < -0.3 is 4.42 Å². The molecule has 0 amide bonds. The van der Waals surface area contributed by atoms with Gasteiger partial charge in [0.2, 0.25) is 15.9 Å². The molecule has 4 rings (SSSR count). The number of nitrogens with zero attached hydrogens (tertiary/aromatic N) is 4. The maximum Gasteiger partial charge on any atom is 0.438 e. The number of sulfonamides is 1. The average molecular weight is 454 g/mol. The molecule has 164 valence electrons. The number of halogens is 3. The molecule has 3 aromatic rings. The summed E-state index contributed by atoms with van der Waals surface area (Å²) in [5.41, 5.74) is 0.431. The molecule has 8 nitrogen and oxygen atoms in total. The molecule has 0 aliphatic carbocycles. The highest BCUT2D eigenvalue weighted by molar-refractivity contribution is 7.89. The first-order chi connectivity index (χ1) is 14.8. The molecule has 0 radical (unpaired) electrons. The van der Waals surface area contributed by atoms with E-state index in [0.29, 0.717) is 5.56 Å². The Kier molecular flexibility index (Phi) is 5.69. The van der Waals surface area contributed by atoms with Crippen molar-refractivity contribution in [3.63, 3.8) is 0 Å². The monoisotopic (exact) mass is 454 g/mol. The number of hydrogen-bond acceptors (Lipinski definition) is 6. The van der Waals surface area contributed by atoms with Gasteiger partial charge in [0.05, 0.1) is 0 Å². The summed E-state index contributed by atoms with van der Waals surface area (Å²) in [5, 5.41) is 4.08. The number of piperazine rings is 1. The third-order valence-corrected chi connectivity index (χ3v) is 6.83. The summed E-state index contributed by atoms with van der Waals surface area (Å²) in [4.78, 5) is 12.9. The Bertz CT molecular complexity index is 1230. The second kappa shape index (κ2) is 8.29. The molecule has 1 aliphatic rings. The lowest BCUT2D eigenvalue weighted by atomic mass is 10.2. The van der Waals surface area contributed by atoms with Crippen LogP contribution in [0.2, 0.25) is 0 Å². The molecule has 1 saturated heterocycles. The number of hydrogen-bond donors (Lipinski definition) is 0. The second-order valence-corrected chi connectivity index (χ2v) is 8.77. The van der Waals surface area contributed by atoms with Crippen molar-refractivity contribution in [3.8, 4) is 11.5 Å². The van der Waals surface area contributed by atoms with E-state index in [0.717, 1.165) is 27.2 Å². The topological polar surface area (TPSA) is 88.7 Å². The maximum absolute atomic E-state index is 13.9. The van der Waals surface area contributed by atoms with Crippen LogP contribution < -0.4 is 5.76 Å². The molecule has 1 aromatic heterocycles. The van der Waals surface area contributed by atoms with Crippen molar-refractivity contribution in [1.29, 1.82) is 0 Å². The van der Waals surface area contributed by atoms with E-state index in [1.807, 2.05) is 0 Å². The van der Waals surface area contributed by atoms with E-state index in [1.165, 1.54) is 24.3 Å². The summed E-state index contributed by atoms with van der Waals surface area (Å²) in [6, 6.07) is 8.16. The molecule has 0 atom stereocenters. The number of rotatable bonds is 5. The molecule has 2 aromatic carbocycles. The first kappa shape index (κ1) is 21.3. The fourth-order valence-electron chi connectivity index (χ4n) is 3.26. The van der Waals surface area contributed by atoms with E-state index in [4.69, 9.17) is 4.42 Å². The Morgan fingerprint density at radius 2 is 1.55 bits per heavy atom. The van der Waals surface area contributed by atoms with E-state index in [1.54, 1.807) is 4.90 Å². The Morgan fingerprint density at radius 3 is 2.16 bits per heavy atom. The number of aromatic nitrogens is 2. The van der Waals surface area contributed by atoms with Crippen molar-refractivity contribution in [3.05, 3.63) is 70.5 Å². The molecule has 12 heteroatoms. The summed E-state index contributed by atoms with van der Waals surface area (Å²) in [6.45, 7) is 0.410. The lowest BCUT2D eigenvalue weighted by molar-refractivity contribution is 0.141. The SMILES string of the molecule is O=c1oc(-c2ccc(F)cc2)nn1CN1CCN(S(=O)(=O)c2c(F)cccc2F)CC1. The van der Waals surface area contributed by atoms with E-state index in [9.17, 15) is 26.4 Å². The molecule has 2 heterocycles. The minimum atomic E-state index is -4.34. The molecule has 1 aliphatic heterocycles. The lowest BCUT2D eigenvalue weighted by Crippen LogP contribution is -2.49. The predicted octanol–water partition coefficient (Wildman–Crippen LogP) is 1.88. The van der Waals surface area contributed by atoms with Crippen LogP contribution in [0.25, 0.3) is 11.5 Å². The van der Waals surface area contributed by atoms with Crippen molar-refractivity contribution < 1.29 is 26.0 Å². The zero-order valence-corrected chi connectivity index (χ0v) is 16.9.